The number of alkyl halides is 3. The molecule has 0 aliphatic heterocycles. The van der Waals surface area contributed by atoms with E-state index in [2.05, 4.69) is 0 Å². The maximum Gasteiger partial charge on any atom is 0.397 e. The Morgan fingerprint density at radius 1 is 1.38 bits per heavy atom. The van der Waals surface area contributed by atoms with Crippen molar-refractivity contribution >= 4 is 11.6 Å². The number of halogens is 4. The number of phenols is 1. The number of hydrogen-bond acceptors (Lipinski definition) is 2. The van der Waals surface area contributed by atoms with Crippen molar-refractivity contribution in [3.05, 3.63) is 24.0 Å². The Morgan fingerprint density at radius 2 is 2.00 bits per heavy atom. The van der Waals surface area contributed by atoms with Gasteiger partial charge in [-0.15, -0.1) is 0 Å². The molecule has 1 aromatic carbocycles. The van der Waals surface area contributed by atoms with Crippen LogP contribution in [0.1, 0.15) is 6.42 Å². The average molecular weight is 237 g/mol. The number of hydrogen-bond donors (Lipinski definition) is 2. The number of aromatic hydroxyl groups is 1. The summed E-state index contributed by atoms with van der Waals surface area (Å²) in [6.45, 7) is 0. The van der Waals surface area contributed by atoms with Gasteiger partial charge in [0.2, 0.25) is 5.91 Å². The molecule has 0 bridgehead atoms. The lowest BCUT2D eigenvalue weighted by Gasteiger charge is -2.08. The highest BCUT2D eigenvalue weighted by Gasteiger charge is 2.31. The first-order valence-corrected chi connectivity index (χ1v) is 4.13. The fourth-order valence-electron chi connectivity index (χ4n) is 0.982. The number of anilines is 1. The van der Waals surface area contributed by atoms with Crippen LogP contribution < -0.4 is 5.32 Å². The predicted octanol–water partition coefficient (Wildman–Crippen LogP) is 2.42. The van der Waals surface area contributed by atoms with Crippen molar-refractivity contribution < 1.29 is 27.5 Å². The van der Waals surface area contributed by atoms with E-state index in [0.29, 0.717) is 6.07 Å². The Labute approximate surface area is 87.7 Å². The van der Waals surface area contributed by atoms with Gasteiger partial charge in [0, 0.05) is 6.07 Å². The topological polar surface area (TPSA) is 49.3 Å². The number of benzene rings is 1. The Balaban J connectivity index is 2.70. The summed E-state index contributed by atoms with van der Waals surface area (Å²) in [5.41, 5.74) is -0.410. The van der Waals surface area contributed by atoms with Gasteiger partial charge in [-0.2, -0.15) is 13.2 Å². The van der Waals surface area contributed by atoms with E-state index >= 15 is 0 Å². The van der Waals surface area contributed by atoms with Crippen LogP contribution in [-0.4, -0.2) is 17.2 Å². The van der Waals surface area contributed by atoms with Crippen LogP contribution in [0.5, 0.6) is 5.75 Å². The van der Waals surface area contributed by atoms with E-state index < -0.39 is 30.0 Å². The Bertz CT molecular complexity index is 403. The zero-order chi connectivity index (χ0) is 12.3. The lowest BCUT2D eigenvalue weighted by atomic mass is 10.2. The van der Waals surface area contributed by atoms with Crippen LogP contribution >= 0.6 is 0 Å². The molecule has 0 aliphatic carbocycles. The van der Waals surface area contributed by atoms with Crippen molar-refractivity contribution in [2.24, 2.45) is 0 Å². The van der Waals surface area contributed by atoms with E-state index in [0.717, 1.165) is 12.1 Å². The lowest BCUT2D eigenvalue weighted by molar-refractivity contribution is -0.150. The molecule has 0 aliphatic rings. The molecule has 0 unspecified atom stereocenters. The standard InChI is InChI=1S/C9H7F4NO2/c10-6-3-5(15)1-2-7(6)14-8(16)4-9(11,12)13/h1-3,15H,4H2,(H,14,16). The number of phenolic OH excluding ortho intramolecular Hbond substituents is 1. The number of carbonyl (C=O) groups is 1. The zero-order valence-electron chi connectivity index (χ0n) is 7.81. The molecule has 0 spiro atoms. The average Bonchev–Trinajstić information content (AvgIpc) is 2.06. The summed E-state index contributed by atoms with van der Waals surface area (Å²) < 4.78 is 48.3. The number of carbonyl (C=O) groups excluding carboxylic acids is 1. The highest BCUT2D eigenvalue weighted by molar-refractivity contribution is 5.91. The van der Waals surface area contributed by atoms with Crippen LogP contribution in [0.3, 0.4) is 0 Å². The molecule has 0 fully saturated rings. The molecule has 2 N–H and O–H groups in total. The maximum atomic E-state index is 13.0. The second-order valence-electron chi connectivity index (χ2n) is 3.00. The van der Waals surface area contributed by atoms with Gasteiger partial charge in [-0.05, 0) is 12.1 Å². The summed E-state index contributed by atoms with van der Waals surface area (Å²) in [4.78, 5) is 10.8. The molecule has 0 atom stereocenters. The van der Waals surface area contributed by atoms with Crippen LogP contribution in [-0.2, 0) is 4.79 Å². The Kier molecular flexibility index (Phi) is 3.36. The second kappa shape index (κ2) is 4.38. The maximum absolute atomic E-state index is 13.0. The van der Waals surface area contributed by atoms with Crippen LogP contribution in [0.2, 0.25) is 0 Å². The molecule has 3 nitrogen and oxygen atoms in total. The minimum Gasteiger partial charge on any atom is -0.508 e. The zero-order valence-corrected chi connectivity index (χ0v) is 7.81. The van der Waals surface area contributed by atoms with Gasteiger partial charge in [-0.1, -0.05) is 0 Å². The number of amides is 1. The molecular formula is C9H7F4NO2. The molecule has 88 valence electrons. The van der Waals surface area contributed by atoms with Gasteiger partial charge >= 0.3 is 6.18 Å². The van der Waals surface area contributed by atoms with Gasteiger partial charge in [0.25, 0.3) is 0 Å². The number of rotatable bonds is 2. The van der Waals surface area contributed by atoms with Crippen LogP contribution in [0.15, 0.2) is 18.2 Å². The normalized spacial score (nSPS) is 11.2. The largest absolute Gasteiger partial charge is 0.508 e. The summed E-state index contributed by atoms with van der Waals surface area (Å²) >= 11 is 0. The van der Waals surface area contributed by atoms with E-state index in [1.165, 1.54) is 0 Å². The Hall–Kier alpha value is -1.79. The van der Waals surface area contributed by atoms with E-state index in [1.54, 1.807) is 5.32 Å². The molecular weight excluding hydrogens is 230 g/mol. The smallest absolute Gasteiger partial charge is 0.397 e. The molecule has 7 heteroatoms. The molecule has 16 heavy (non-hydrogen) atoms. The summed E-state index contributed by atoms with van der Waals surface area (Å²) in [6, 6.07) is 2.70. The first-order valence-electron chi connectivity index (χ1n) is 4.13. The predicted molar refractivity (Wildman–Crippen MR) is 47.4 cm³/mol. The minimum atomic E-state index is -4.64. The van der Waals surface area contributed by atoms with Gasteiger partial charge in [0.05, 0.1) is 5.69 Å². The molecule has 0 radical (unpaired) electrons. The van der Waals surface area contributed by atoms with Crippen molar-refractivity contribution in [1.29, 1.82) is 0 Å². The lowest BCUT2D eigenvalue weighted by Crippen LogP contribution is -2.21. The van der Waals surface area contributed by atoms with Gasteiger partial charge in [0.1, 0.15) is 18.0 Å². The first kappa shape index (κ1) is 12.3. The van der Waals surface area contributed by atoms with Crippen molar-refractivity contribution in [2.75, 3.05) is 5.32 Å². The number of nitrogens with one attached hydrogen (secondary N) is 1. The first-order chi connectivity index (χ1) is 7.28. The fraction of sp³-hybridized carbons (Fsp3) is 0.222. The van der Waals surface area contributed by atoms with Gasteiger partial charge in [-0.3, -0.25) is 4.79 Å². The van der Waals surface area contributed by atoms with E-state index in [1.807, 2.05) is 0 Å². The Morgan fingerprint density at radius 3 is 2.50 bits per heavy atom. The second-order valence-corrected chi connectivity index (χ2v) is 3.00. The highest BCUT2D eigenvalue weighted by atomic mass is 19.4. The van der Waals surface area contributed by atoms with Crippen LogP contribution in [0.4, 0.5) is 23.2 Å². The molecule has 1 aromatic rings. The third-order valence-corrected chi connectivity index (χ3v) is 1.59. The van der Waals surface area contributed by atoms with Gasteiger partial charge < -0.3 is 10.4 Å². The fourth-order valence-corrected chi connectivity index (χ4v) is 0.982. The van der Waals surface area contributed by atoms with Crippen molar-refractivity contribution in [1.82, 2.24) is 0 Å². The third-order valence-electron chi connectivity index (χ3n) is 1.59. The molecule has 1 rings (SSSR count). The van der Waals surface area contributed by atoms with Crippen molar-refractivity contribution in [2.45, 2.75) is 12.6 Å². The van der Waals surface area contributed by atoms with Gasteiger partial charge in [0.15, 0.2) is 0 Å². The molecule has 0 saturated carbocycles. The quantitative estimate of drug-likeness (QED) is 0.613. The SMILES string of the molecule is O=C(CC(F)(F)F)Nc1ccc(O)cc1F. The van der Waals surface area contributed by atoms with E-state index in [4.69, 9.17) is 5.11 Å². The van der Waals surface area contributed by atoms with Crippen LogP contribution in [0.25, 0.3) is 0 Å². The summed E-state index contributed by atoms with van der Waals surface area (Å²) in [5, 5.41) is 10.6. The molecule has 1 amide bonds. The van der Waals surface area contributed by atoms with Crippen molar-refractivity contribution in [3.63, 3.8) is 0 Å². The minimum absolute atomic E-state index is 0.383. The van der Waals surface area contributed by atoms with Crippen molar-refractivity contribution in [3.8, 4) is 5.75 Å². The third kappa shape index (κ3) is 3.76. The molecule has 0 saturated heterocycles. The summed E-state index contributed by atoms with van der Waals surface area (Å²) in [5.74, 6) is -2.75. The molecule has 0 heterocycles. The van der Waals surface area contributed by atoms with E-state index in [-0.39, 0.29) is 5.75 Å². The van der Waals surface area contributed by atoms with Gasteiger partial charge in [-0.25, -0.2) is 4.39 Å². The van der Waals surface area contributed by atoms with E-state index in [9.17, 15) is 22.4 Å². The highest BCUT2D eigenvalue weighted by Crippen LogP contribution is 2.22. The monoisotopic (exact) mass is 237 g/mol. The summed E-state index contributed by atoms with van der Waals surface area (Å²) in [7, 11) is 0. The molecule has 0 aromatic heterocycles. The summed E-state index contributed by atoms with van der Waals surface area (Å²) in [6.07, 6.45) is -6.33. The van der Waals surface area contributed by atoms with Crippen LogP contribution in [0, 0.1) is 5.82 Å².